The number of rotatable bonds is 6. The Bertz CT molecular complexity index is 497. The molecule has 1 saturated carbocycles. The van der Waals surface area contributed by atoms with Crippen LogP contribution in [0.3, 0.4) is 0 Å². The van der Waals surface area contributed by atoms with E-state index in [4.69, 9.17) is 5.73 Å². The quantitative estimate of drug-likeness (QED) is 0.844. The van der Waals surface area contributed by atoms with Gasteiger partial charge in [0.05, 0.1) is 5.41 Å². The van der Waals surface area contributed by atoms with E-state index in [9.17, 15) is 9.90 Å². The van der Waals surface area contributed by atoms with E-state index in [-0.39, 0.29) is 12.0 Å². The molecule has 3 nitrogen and oxygen atoms in total. The molecule has 1 aromatic carbocycles. The Hall–Kier alpha value is -1.35. The van der Waals surface area contributed by atoms with Crippen molar-refractivity contribution in [2.45, 2.75) is 51.9 Å². The van der Waals surface area contributed by atoms with Gasteiger partial charge in [0, 0.05) is 6.54 Å². The Morgan fingerprint density at radius 2 is 1.81 bits per heavy atom. The molecule has 0 aliphatic heterocycles. The summed E-state index contributed by atoms with van der Waals surface area (Å²) in [5.74, 6) is -0.199. The van der Waals surface area contributed by atoms with Crippen LogP contribution in [0.5, 0.6) is 0 Å². The van der Waals surface area contributed by atoms with Gasteiger partial charge in [-0.25, -0.2) is 0 Å². The van der Waals surface area contributed by atoms with Crippen LogP contribution >= 0.6 is 0 Å². The van der Waals surface area contributed by atoms with Crippen LogP contribution in [-0.4, -0.2) is 17.6 Å². The first-order chi connectivity index (χ1) is 9.77. The number of nitrogens with two attached hydrogens (primary N) is 1. The van der Waals surface area contributed by atoms with E-state index < -0.39 is 11.4 Å². The minimum absolute atomic E-state index is 0.115. The lowest BCUT2D eigenvalue weighted by molar-refractivity contribution is -0.149. The molecule has 3 heteroatoms. The second-order valence-electron chi connectivity index (χ2n) is 7.56. The van der Waals surface area contributed by atoms with Gasteiger partial charge < -0.3 is 10.8 Å². The van der Waals surface area contributed by atoms with E-state index in [0.717, 1.165) is 18.4 Å². The van der Waals surface area contributed by atoms with Crippen LogP contribution in [0.25, 0.3) is 0 Å². The van der Waals surface area contributed by atoms with Crippen molar-refractivity contribution in [2.75, 3.05) is 6.54 Å². The third kappa shape index (κ3) is 3.85. The number of carboxylic acid groups (broad SMARTS) is 1. The molecule has 0 bridgehead atoms. The van der Waals surface area contributed by atoms with E-state index in [1.54, 1.807) is 0 Å². The molecule has 21 heavy (non-hydrogen) atoms. The molecule has 0 heterocycles. The van der Waals surface area contributed by atoms with Gasteiger partial charge in [0.2, 0.25) is 0 Å². The topological polar surface area (TPSA) is 63.3 Å². The second kappa shape index (κ2) is 5.80. The highest BCUT2D eigenvalue weighted by molar-refractivity contribution is 5.75. The summed E-state index contributed by atoms with van der Waals surface area (Å²) in [4.78, 5) is 11.8. The summed E-state index contributed by atoms with van der Waals surface area (Å²) in [5.41, 5.74) is 7.50. The maximum Gasteiger partial charge on any atom is 0.311 e. The Morgan fingerprint density at radius 1 is 1.24 bits per heavy atom. The van der Waals surface area contributed by atoms with Gasteiger partial charge >= 0.3 is 5.97 Å². The van der Waals surface area contributed by atoms with Crippen LogP contribution in [-0.2, 0) is 16.6 Å². The van der Waals surface area contributed by atoms with E-state index in [1.165, 1.54) is 5.56 Å². The van der Waals surface area contributed by atoms with Crippen LogP contribution in [0.15, 0.2) is 24.3 Å². The van der Waals surface area contributed by atoms with Crippen molar-refractivity contribution < 1.29 is 9.90 Å². The minimum atomic E-state index is -0.801. The number of hydrogen-bond donors (Lipinski definition) is 2. The fourth-order valence-electron chi connectivity index (χ4n) is 2.87. The first kappa shape index (κ1) is 16.0. The summed E-state index contributed by atoms with van der Waals surface area (Å²) < 4.78 is 0. The van der Waals surface area contributed by atoms with Crippen LogP contribution in [0.2, 0.25) is 0 Å². The minimum Gasteiger partial charge on any atom is -0.481 e. The fourth-order valence-corrected chi connectivity index (χ4v) is 2.87. The van der Waals surface area contributed by atoms with E-state index in [1.807, 2.05) is 0 Å². The molecule has 0 spiro atoms. The first-order valence-electron chi connectivity index (χ1n) is 7.80. The number of hydrogen-bond acceptors (Lipinski definition) is 2. The summed E-state index contributed by atoms with van der Waals surface area (Å²) in [6.07, 6.45) is 3.54. The molecule has 0 saturated heterocycles. The van der Waals surface area contributed by atoms with Crippen molar-refractivity contribution in [1.29, 1.82) is 0 Å². The molecule has 1 aromatic rings. The zero-order valence-corrected chi connectivity index (χ0v) is 13.4. The van der Waals surface area contributed by atoms with E-state index in [0.29, 0.717) is 18.8 Å². The normalized spacial score (nSPS) is 18.3. The number of carbonyl (C=O) groups is 1. The molecule has 3 N–H and O–H groups in total. The molecule has 0 amide bonds. The van der Waals surface area contributed by atoms with Gasteiger partial charge in [-0.2, -0.15) is 0 Å². The summed E-state index contributed by atoms with van der Waals surface area (Å²) in [6, 6.07) is 8.33. The Kier molecular flexibility index (Phi) is 4.43. The van der Waals surface area contributed by atoms with Crippen molar-refractivity contribution in [2.24, 2.45) is 17.1 Å². The molecule has 1 fully saturated rings. The molecule has 1 atom stereocenters. The molecule has 1 aliphatic rings. The summed E-state index contributed by atoms with van der Waals surface area (Å²) in [5, 5.41) is 9.67. The lowest BCUT2D eigenvalue weighted by atomic mass is 9.76. The average molecular weight is 289 g/mol. The molecule has 1 unspecified atom stereocenters. The second-order valence-corrected chi connectivity index (χ2v) is 7.56. The zero-order valence-electron chi connectivity index (χ0n) is 13.4. The van der Waals surface area contributed by atoms with Gasteiger partial charge in [0.25, 0.3) is 0 Å². The fraction of sp³-hybridized carbons (Fsp3) is 0.611. The summed E-state index contributed by atoms with van der Waals surface area (Å²) in [7, 11) is 0. The lowest BCUT2D eigenvalue weighted by Gasteiger charge is -2.28. The molecular weight excluding hydrogens is 262 g/mol. The predicted octanol–water partition coefficient (Wildman–Crippen LogP) is 3.36. The third-order valence-electron chi connectivity index (χ3n) is 4.58. The van der Waals surface area contributed by atoms with Gasteiger partial charge in [-0.05, 0) is 35.3 Å². The highest BCUT2D eigenvalue weighted by Crippen LogP contribution is 2.42. The van der Waals surface area contributed by atoms with Gasteiger partial charge in [-0.15, -0.1) is 0 Å². The van der Waals surface area contributed by atoms with Crippen molar-refractivity contribution in [3.63, 3.8) is 0 Å². The first-order valence-corrected chi connectivity index (χ1v) is 7.80. The van der Waals surface area contributed by atoms with Crippen molar-refractivity contribution in [1.82, 2.24) is 0 Å². The molecule has 0 radical (unpaired) electrons. The number of aliphatic carboxylic acids is 1. The van der Waals surface area contributed by atoms with Crippen LogP contribution in [0, 0.1) is 11.3 Å². The third-order valence-corrected chi connectivity index (χ3v) is 4.58. The molecule has 116 valence electrons. The highest BCUT2D eigenvalue weighted by Gasteiger charge is 2.42. The van der Waals surface area contributed by atoms with Gasteiger partial charge in [0.15, 0.2) is 0 Å². The standard InChI is InChI=1S/C18H27NO2/c1-17(2,3)15-8-6-14(7-9-15)11-18(12-19,16(20)21)10-13-4-5-13/h6-9,13H,4-5,10-12,19H2,1-3H3,(H,20,21). The number of benzene rings is 1. The van der Waals surface area contributed by atoms with Crippen LogP contribution in [0.1, 0.15) is 51.2 Å². The van der Waals surface area contributed by atoms with Crippen molar-refractivity contribution in [3.05, 3.63) is 35.4 Å². The maximum absolute atomic E-state index is 11.8. The largest absolute Gasteiger partial charge is 0.481 e. The SMILES string of the molecule is CC(C)(C)c1ccc(CC(CN)(CC2CC2)C(=O)O)cc1. The van der Waals surface area contributed by atoms with Gasteiger partial charge in [0.1, 0.15) is 0 Å². The molecule has 1 aliphatic carbocycles. The Balaban J connectivity index is 2.18. The Labute approximate surface area is 127 Å². The van der Waals surface area contributed by atoms with Gasteiger partial charge in [-0.3, -0.25) is 4.79 Å². The molecule has 0 aromatic heterocycles. The summed E-state index contributed by atoms with van der Waals surface area (Å²) in [6.45, 7) is 6.74. The molecular formula is C18H27NO2. The highest BCUT2D eigenvalue weighted by atomic mass is 16.4. The number of carboxylic acids is 1. The van der Waals surface area contributed by atoms with E-state index >= 15 is 0 Å². The van der Waals surface area contributed by atoms with E-state index in [2.05, 4.69) is 45.0 Å². The average Bonchev–Trinajstić information content (AvgIpc) is 3.21. The zero-order chi connectivity index (χ0) is 15.7. The Morgan fingerprint density at radius 3 is 2.19 bits per heavy atom. The van der Waals surface area contributed by atoms with Gasteiger partial charge in [-0.1, -0.05) is 57.9 Å². The predicted molar refractivity (Wildman–Crippen MR) is 85.3 cm³/mol. The monoisotopic (exact) mass is 289 g/mol. The summed E-state index contributed by atoms with van der Waals surface area (Å²) >= 11 is 0. The lowest BCUT2D eigenvalue weighted by Crippen LogP contribution is -2.41. The van der Waals surface area contributed by atoms with Crippen molar-refractivity contribution in [3.8, 4) is 0 Å². The molecule has 2 rings (SSSR count). The maximum atomic E-state index is 11.8. The van der Waals surface area contributed by atoms with Crippen molar-refractivity contribution >= 4 is 5.97 Å². The van der Waals surface area contributed by atoms with Crippen LogP contribution < -0.4 is 5.73 Å². The van der Waals surface area contributed by atoms with Crippen LogP contribution in [0.4, 0.5) is 0 Å². The smallest absolute Gasteiger partial charge is 0.311 e.